The molecule has 2 rings (SSSR count). The number of carbonyl (C=O) groups excluding carboxylic acids is 1. The van der Waals surface area contributed by atoms with Gasteiger partial charge in [-0.15, -0.1) is 0 Å². The molecule has 0 radical (unpaired) electrons. The van der Waals surface area contributed by atoms with Crippen LogP contribution in [0.15, 0.2) is 24.3 Å². The van der Waals surface area contributed by atoms with Crippen molar-refractivity contribution in [3.8, 4) is 0 Å². The van der Waals surface area contributed by atoms with Crippen molar-refractivity contribution in [3.63, 3.8) is 0 Å². The molecule has 1 aromatic rings. The van der Waals surface area contributed by atoms with Crippen molar-refractivity contribution in [1.82, 2.24) is 10.2 Å². The first kappa shape index (κ1) is 15.1. The van der Waals surface area contributed by atoms with Gasteiger partial charge in [0, 0.05) is 36.7 Å². The van der Waals surface area contributed by atoms with Crippen molar-refractivity contribution < 1.29 is 9.53 Å². The number of nitrogens with one attached hydrogen (secondary N) is 1. The molecule has 2 unspecified atom stereocenters. The number of methoxy groups -OCH3 is 1. The highest BCUT2D eigenvalue weighted by atomic mass is 35.5. The molecule has 20 heavy (non-hydrogen) atoms. The molecule has 1 aliphatic rings. The maximum atomic E-state index is 11.2. The average molecular weight is 298 g/mol. The van der Waals surface area contributed by atoms with Crippen LogP contribution in [-0.4, -0.2) is 43.8 Å². The molecule has 0 spiro atoms. The van der Waals surface area contributed by atoms with E-state index in [0.717, 1.165) is 25.1 Å². The number of carbonyl (C=O) groups is 1. The molecule has 6 heteroatoms. The lowest BCUT2D eigenvalue weighted by Crippen LogP contribution is -2.39. The summed E-state index contributed by atoms with van der Waals surface area (Å²) < 4.78 is 4.62. The molecule has 5 nitrogen and oxygen atoms in total. The Balaban J connectivity index is 2.01. The minimum Gasteiger partial charge on any atom is -0.453 e. The van der Waals surface area contributed by atoms with Crippen LogP contribution >= 0.6 is 11.6 Å². The zero-order valence-corrected chi connectivity index (χ0v) is 12.3. The van der Waals surface area contributed by atoms with Crippen LogP contribution in [-0.2, 0) is 4.74 Å². The van der Waals surface area contributed by atoms with Crippen molar-refractivity contribution in [1.29, 1.82) is 0 Å². The van der Waals surface area contributed by atoms with Crippen LogP contribution in [0.5, 0.6) is 0 Å². The normalized spacial score (nSPS) is 20.6. The van der Waals surface area contributed by atoms with Crippen LogP contribution < -0.4 is 11.1 Å². The molecule has 2 atom stereocenters. The molecular weight excluding hydrogens is 278 g/mol. The summed E-state index contributed by atoms with van der Waals surface area (Å²) >= 11 is 6.04. The quantitative estimate of drug-likeness (QED) is 0.889. The standard InChI is InChI=1S/C14H20ClN3O2/c1-20-14(19)17-12-5-6-18(9-12)13(8-16)10-3-2-4-11(15)7-10/h2-4,7,12-13H,5-6,8-9,16H2,1H3,(H,17,19). The summed E-state index contributed by atoms with van der Waals surface area (Å²) in [5.41, 5.74) is 7.02. The number of amides is 1. The van der Waals surface area contributed by atoms with E-state index >= 15 is 0 Å². The van der Waals surface area contributed by atoms with Crippen LogP contribution in [0, 0.1) is 0 Å². The van der Waals surface area contributed by atoms with Gasteiger partial charge in [0.2, 0.25) is 0 Å². The molecule has 1 fully saturated rings. The minimum atomic E-state index is -0.385. The highest BCUT2D eigenvalue weighted by Gasteiger charge is 2.29. The molecule has 1 heterocycles. The van der Waals surface area contributed by atoms with E-state index in [-0.39, 0.29) is 18.2 Å². The summed E-state index contributed by atoms with van der Waals surface area (Å²) in [4.78, 5) is 13.5. The Hall–Kier alpha value is -1.30. The summed E-state index contributed by atoms with van der Waals surface area (Å²) in [7, 11) is 1.37. The number of hydrogen-bond acceptors (Lipinski definition) is 4. The Morgan fingerprint density at radius 2 is 2.45 bits per heavy atom. The third-order valence-electron chi connectivity index (χ3n) is 3.62. The van der Waals surface area contributed by atoms with E-state index in [0.29, 0.717) is 11.6 Å². The van der Waals surface area contributed by atoms with Crippen LogP contribution in [0.3, 0.4) is 0 Å². The van der Waals surface area contributed by atoms with Gasteiger partial charge >= 0.3 is 6.09 Å². The minimum absolute atomic E-state index is 0.107. The number of benzene rings is 1. The van der Waals surface area contributed by atoms with E-state index in [1.807, 2.05) is 24.3 Å². The highest BCUT2D eigenvalue weighted by molar-refractivity contribution is 6.30. The van der Waals surface area contributed by atoms with Crippen molar-refractivity contribution in [3.05, 3.63) is 34.9 Å². The predicted octanol–water partition coefficient (Wildman–Crippen LogP) is 1.77. The SMILES string of the molecule is COC(=O)NC1CCN(C(CN)c2cccc(Cl)c2)C1. The van der Waals surface area contributed by atoms with E-state index in [1.165, 1.54) is 7.11 Å². The fourth-order valence-electron chi connectivity index (χ4n) is 2.62. The van der Waals surface area contributed by atoms with Gasteiger partial charge in [-0.3, -0.25) is 4.90 Å². The van der Waals surface area contributed by atoms with Gasteiger partial charge in [-0.1, -0.05) is 23.7 Å². The van der Waals surface area contributed by atoms with Crippen molar-refractivity contribution >= 4 is 17.7 Å². The molecule has 1 aliphatic heterocycles. The Labute approximate surface area is 124 Å². The largest absolute Gasteiger partial charge is 0.453 e. The average Bonchev–Trinajstić information content (AvgIpc) is 2.88. The maximum Gasteiger partial charge on any atom is 0.407 e. The van der Waals surface area contributed by atoms with Gasteiger partial charge < -0.3 is 15.8 Å². The molecular formula is C14H20ClN3O2. The summed E-state index contributed by atoms with van der Waals surface area (Å²) in [5.74, 6) is 0. The Bertz CT molecular complexity index is 469. The lowest BCUT2D eigenvalue weighted by atomic mass is 10.1. The van der Waals surface area contributed by atoms with Crippen LogP contribution in [0.25, 0.3) is 0 Å². The zero-order chi connectivity index (χ0) is 14.5. The Kier molecular flexibility index (Phi) is 5.23. The molecule has 3 N–H and O–H groups in total. The number of alkyl carbamates (subject to hydrolysis) is 1. The molecule has 0 aliphatic carbocycles. The highest BCUT2D eigenvalue weighted by Crippen LogP contribution is 2.26. The second-order valence-electron chi connectivity index (χ2n) is 4.92. The molecule has 0 saturated carbocycles. The van der Waals surface area contributed by atoms with E-state index in [4.69, 9.17) is 17.3 Å². The second-order valence-corrected chi connectivity index (χ2v) is 5.36. The summed E-state index contributed by atoms with van der Waals surface area (Å²) in [6.45, 7) is 2.18. The first-order chi connectivity index (χ1) is 9.63. The maximum absolute atomic E-state index is 11.2. The number of likely N-dealkylation sites (tertiary alicyclic amines) is 1. The fraction of sp³-hybridized carbons (Fsp3) is 0.500. The van der Waals surface area contributed by atoms with E-state index < -0.39 is 0 Å². The van der Waals surface area contributed by atoms with Crippen LogP contribution in [0.4, 0.5) is 4.79 Å². The van der Waals surface area contributed by atoms with Gasteiger partial charge in [0.1, 0.15) is 0 Å². The fourth-order valence-corrected chi connectivity index (χ4v) is 2.82. The first-order valence-electron chi connectivity index (χ1n) is 6.68. The van der Waals surface area contributed by atoms with Crippen molar-refractivity contribution in [2.24, 2.45) is 5.73 Å². The number of nitrogens with two attached hydrogens (primary N) is 1. The molecule has 1 saturated heterocycles. The van der Waals surface area contributed by atoms with Gasteiger partial charge in [-0.05, 0) is 24.1 Å². The van der Waals surface area contributed by atoms with Crippen LogP contribution in [0.2, 0.25) is 5.02 Å². The predicted molar refractivity (Wildman–Crippen MR) is 78.8 cm³/mol. The zero-order valence-electron chi connectivity index (χ0n) is 11.5. The topological polar surface area (TPSA) is 67.6 Å². The summed E-state index contributed by atoms with van der Waals surface area (Å²) in [5, 5.41) is 3.54. The summed E-state index contributed by atoms with van der Waals surface area (Å²) in [6, 6.07) is 7.99. The monoisotopic (exact) mass is 297 g/mol. The smallest absolute Gasteiger partial charge is 0.407 e. The summed E-state index contributed by atoms with van der Waals surface area (Å²) in [6.07, 6.45) is 0.510. The Morgan fingerprint density at radius 1 is 1.65 bits per heavy atom. The van der Waals surface area contributed by atoms with Gasteiger partial charge in [-0.25, -0.2) is 4.79 Å². The lowest BCUT2D eigenvalue weighted by Gasteiger charge is -2.27. The second kappa shape index (κ2) is 6.92. The van der Waals surface area contributed by atoms with E-state index in [2.05, 4.69) is 15.0 Å². The number of hydrogen-bond donors (Lipinski definition) is 2. The molecule has 0 aromatic heterocycles. The van der Waals surface area contributed by atoms with Crippen LogP contribution in [0.1, 0.15) is 18.0 Å². The number of rotatable bonds is 4. The molecule has 1 amide bonds. The van der Waals surface area contributed by atoms with E-state index in [1.54, 1.807) is 0 Å². The number of ether oxygens (including phenoxy) is 1. The third kappa shape index (κ3) is 3.62. The third-order valence-corrected chi connectivity index (χ3v) is 3.86. The molecule has 1 aromatic carbocycles. The van der Waals surface area contributed by atoms with Gasteiger partial charge in [0.15, 0.2) is 0 Å². The molecule has 110 valence electrons. The molecule has 0 bridgehead atoms. The van der Waals surface area contributed by atoms with E-state index in [9.17, 15) is 4.79 Å². The number of nitrogens with zero attached hydrogens (tertiary/aromatic N) is 1. The first-order valence-corrected chi connectivity index (χ1v) is 7.06. The Morgan fingerprint density at radius 3 is 3.10 bits per heavy atom. The van der Waals surface area contributed by atoms with Gasteiger partial charge in [0.05, 0.1) is 7.11 Å². The van der Waals surface area contributed by atoms with Crippen molar-refractivity contribution in [2.45, 2.75) is 18.5 Å². The number of halogens is 1. The van der Waals surface area contributed by atoms with Gasteiger partial charge in [-0.2, -0.15) is 0 Å². The lowest BCUT2D eigenvalue weighted by molar-refractivity contribution is 0.165. The van der Waals surface area contributed by atoms with Crippen molar-refractivity contribution in [2.75, 3.05) is 26.7 Å². The van der Waals surface area contributed by atoms with Gasteiger partial charge in [0.25, 0.3) is 0 Å².